The molecule has 1 unspecified atom stereocenters. The minimum absolute atomic E-state index is 0.0166. The largest absolute Gasteiger partial charge is 0.416 e. The van der Waals surface area contributed by atoms with Crippen molar-refractivity contribution in [2.75, 3.05) is 16.3 Å². The number of para-hydroxylation sites is 1. The van der Waals surface area contributed by atoms with Gasteiger partial charge in [-0.2, -0.15) is 13.2 Å². The molecular weight excluding hydrogens is 433 g/mol. The van der Waals surface area contributed by atoms with Crippen LogP contribution in [-0.2, 0) is 22.4 Å². The number of rotatable bonds is 4. The van der Waals surface area contributed by atoms with Gasteiger partial charge in [-0.15, -0.1) is 0 Å². The molecule has 33 heavy (non-hydrogen) atoms. The van der Waals surface area contributed by atoms with Crippen molar-refractivity contribution in [2.45, 2.75) is 25.6 Å². The minimum Gasteiger partial charge on any atom is -0.392 e. The van der Waals surface area contributed by atoms with Gasteiger partial charge in [-0.3, -0.25) is 14.5 Å². The van der Waals surface area contributed by atoms with E-state index in [1.165, 1.54) is 15.9 Å². The number of aliphatic hydroxyl groups excluding tert-OH is 1. The molecule has 3 aromatic carbocycles. The molecule has 0 saturated carbocycles. The molecule has 0 aliphatic carbocycles. The van der Waals surface area contributed by atoms with Gasteiger partial charge in [-0.25, -0.2) is 0 Å². The Morgan fingerprint density at radius 3 is 2.24 bits per heavy atom. The van der Waals surface area contributed by atoms with Gasteiger partial charge in [0.25, 0.3) is 0 Å². The lowest BCUT2D eigenvalue weighted by atomic mass is 9.94. The first kappa shape index (κ1) is 22.5. The van der Waals surface area contributed by atoms with E-state index in [9.17, 15) is 27.9 Å². The molecule has 1 aliphatic heterocycles. The number of likely N-dealkylation sites (N-methyl/N-ethyl adjacent to an activating group) is 1. The number of amides is 2. The van der Waals surface area contributed by atoms with E-state index in [1.54, 1.807) is 61.5 Å². The van der Waals surface area contributed by atoms with Gasteiger partial charge in [0.15, 0.2) is 0 Å². The maximum absolute atomic E-state index is 13.9. The number of halogens is 3. The van der Waals surface area contributed by atoms with Gasteiger partial charge in [0.1, 0.15) is 5.92 Å². The summed E-state index contributed by atoms with van der Waals surface area (Å²) in [6.07, 6.45) is -4.62. The third-order valence-electron chi connectivity index (χ3n) is 5.61. The van der Waals surface area contributed by atoms with Crippen molar-refractivity contribution >= 4 is 28.9 Å². The normalized spacial score (nSPS) is 16.6. The van der Waals surface area contributed by atoms with Crippen LogP contribution in [0, 0.1) is 0 Å². The monoisotopic (exact) mass is 454 g/mol. The van der Waals surface area contributed by atoms with E-state index in [0.717, 1.165) is 12.1 Å². The summed E-state index contributed by atoms with van der Waals surface area (Å²) in [7, 11) is 0. The summed E-state index contributed by atoms with van der Waals surface area (Å²) >= 11 is 0. The summed E-state index contributed by atoms with van der Waals surface area (Å²) in [4.78, 5) is 30.0. The van der Waals surface area contributed by atoms with Gasteiger partial charge in [-0.1, -0.05) is 42.5 Å². The molecule has 8 heteroatoms. The number of alkyl halides is 3. The standard InChI is InChI=1S/C25H21F3N2O3/c1-2-29-20-12-11-18(25(26,27)28)14-21(20)30(19-9-4-3-5-10-19)24(33)22(23(29)32)17-8-6-7-16(13-17)15-31/h3-14,22,31H,2,15H2,1H3. The van der Waals surface area contributed by atoms with Crippen LogP contribution in [0.15, 0.2) is 72.8 Å². The van der Waals surface area contributed by atoms with Crippen LogP contribution in [0.2, 0.25) is 0 Å². The second-order valence-electron chi connectivity index (χ2n) is 7.63. The van der Waals surface area contributed by atoms with Crippen LogP contribution in [-0.4, -0.2) is 23.5 Å². The average molecular weight is 454 g/mol. The fourth-order valence-corrected chi connectivity index (χ4v) is 4.06. The van der Waals surface area contributed by atoms with Gasteiger partial charge in [-0.05, 0) is 48.4 Å². The molecule has 1 N–H and O–H groups in total. The molecular formula is C25H21F3N2O3. The molecule has 1 aliphatic rings. The first-order chi connectivity index (χ1) is 15.8. The minimum atomic E-state index is -4.62. The van der Waals surface area contributed by atoms with Crippen molar-refractivity contribution in [3.8, 4) is 0 Å². The highest BCUT2D eigenvalue weighted by Gasteiger charge is 2.42. The highest BCUT2D eigenvalue weighted by Crippen LogP contribution is 2.44. The zero-order chi connectivity index (χ0) is 23.8. The van der Waals surface area contributed by atoms with Gasteiger partial charge in [0, 0.05) is 12.2 Å². The third kappa shape index (κ3) is 4.09. The van der Waals surface area contributed by atoms with Crippen LogP contribution in [0.1, 0.15) is 29.5 Å². The number of carbonyl (C=O) groups excluding carboxylic acids is 2. The number of fused-ring (bicyclic) bond motifs is 1. The summed E-state index contributed by atoms with van der Waals surface area (Å²) in [5.41, 5.74) is 0.505. The van der Waals surface area contributed by atoms with Crippen molar-refractivity contribution < 1.29 is 27.9 Å². The van der Waals surface area contributed by atoms with E-state index in [4.69, 9.17) is 0 Å². The SMILES string of the molecule is CCN1C(=O)C(c2cccc(CO)c2)C(=O)N(c2ccccc2)c2cc(C(F)(F)F)ccc21. The predicted octanol–water partition coefficient (Wildman–Crippen LogP) is 5.01. The van der Waals surface area contributed by atoms with Crippen LogP contribution in [0.4, 0.5) is 30.2 Å². The maximum atomic E-state index is 13.9. The molecule has 1 atom stereocenters. The van der Waals surface area contributed by atoms with Crippen LogP contribution >= 0.6 is 0 Å². The second kappa shape index (κ2) is 8.71. The molecule has 0 bridgehead atoms. The Balaban J connectivity index is 1.99. The lowest BCUT2D eigenvalue weighted by Crippen LogP contribution is -2.39. The third-order valence-corrected chi connectivity index (χ3v) is 5.61. The highest BCUT2D eigenvalue weighted by atomic mass is 19.4. The fraction of sp³-hybridized carbons (Fsp3) is 0.200. The lowest BCUT2D eigenvalue weighted by molar-refractivity contribution is -0.137. The quantitative estimate of drug-likeness (QED) is 0.564. The summed E-state index contributed by atoms with van der Waals surface area (Å²) in [5, 5.41) is 9.53. The van der Waals surface area contributed by atoms with Crippen LogP contribution in [0.3, 0.4) is 0 Å². The Hall–Kier alpha value is -3.65. The summed E-state index contributed by atoms with van der Waals surface area (Å²) < 4.78 is 40.7. The molecule has 2 amide bonds. The van der Waals surface area contributed by atoms with E-state index in [2.05, 4.69) is 0 Å². The molecule has 0 spiro atoms. The van der Waals surface area contributed by atoms with Crippen LogP contribution in [0.5, 0.6) is 0 Å². The number of aliphatic hydroxyl groups is 1. The van der Waals surface area contributed by atoms with Crippen LogP contribution in [0.25, 0.3) is 0 Å². The molecule has 4 rings (SSSR count). The van der Waals surface area contributed by atoms with E-state index in [1.807, 2.05) is 0 Å². The summed E-state index contributed by atoms with van der Waals surface area (Å²) in [5.74, 6) is -2.51. The number of carbonyl (C=O) groups is 2. The summed E-state index contributed by atoms with van der Waals surface area (Å²) in [6.45, 7) is 1.57. The Kier molecular flexibility index (Phi) is 5.95. The van der Waals surface area contributed by atoms with Gasteiger partial charge in [0.2, 0.25) is 11.8 Å². The second-order valence-corrected chi connectivity index (χ2v) is 7.63. The molecule has 5 nitrogen and oxygen atoms in total. The number of hydrogen-bond acceptors (Lipinski definition) is 3. The molecule has 0 saturated heterocycles. The van der Waals surface area contributed by atoms with Gasteiger partial charge >= 0.3 is 6.18 Å². The van der Waals surface area contributed by atoms with Crippen molar-refractivity contribution in [3.05, 3.63) is 89.5 Å². The molecule has 1 heterocycles. The lowest BCUT2D eigenvalue weighted by Gasteiger charge is -2.26. The van der Waals surface area contributed by atoms with Crippen molar-refractivity contribution in [1.82, 2.24) is 0 Å². The zero-order valence-electron chi connectivity index (χ0n) is 17.7. The molecule has 0 radical (unpaired) electrons. The van der Waals surface area contributed by atoms with E-state index < -0.39 is 29.5 Å². The highest BCUT2D eigenvalue weighted by molar-refractivity contribution is 6.23. The number of benzene rings is 3. The van der Waals surface area contributed by atoms with Crippen molar-refractivity contribution in [3.63, 3.8) is 0 Å². The maximum Gasteiger partial charge on any atom is 0.416 e. The van der Waals surface area contributed by atoms with Crippen molar-refractivity contribution in [2.24, 2.45) is 0 Å². The molecule has 0 aromatic heterocycles. The number of anilines is 3. The first-order valence-corrected chi connectivity index (χ1v) is 10.4. The molecule has 3 aromatic rings. The Morgan fingerprint density at radius 2 is 1.61 bits per heavy atom. The fourth-order valence-electron chi connectivity index (χ4n) is 4.06. The Labute approximate surface area is 188 Å². The van der Waals surface area contributed by atoms with E-state index in [-0.39, 0.29) is 24.5 Å². The van der Waals surface area contributed by atoms with Crippen molar-refractivity contribution in [1.29, 1.82) is 0 Å². The molecule has 170 valence electrons. The predicted molar refractivity (Wildman–Crippen MR) is 118 cm³/mol. The van der Waals surface area contributed by atoms with Gasteiger partial charge < -0.3 is 10.0 Å². The van der Waals surface area contributed by atoms with E-state index >= 15 is 0 Å². The first-order valence-electron chi connectivity index (χ1n) is 10.4. The number of nitrogens with zero attached hydrogens (tertiary/aromatic N) is 2. The zero-order valence-corrected chi connectivity index (χ0v) is 17.7. The van der Waals surface area contributed by atoms with Gasteiger partial charge in [0.05, 0.1) is 23.5 Å². The van der Waals surface area contributed by atoms with Crippen LogP contribution < -0.4 is 9.80 Å². The average Bonchev–Trinajstić information content (AvgIpc) is 2.89. The smallest absolute Gasteiger partial charge is 0.392 e. The topological polar surface area (TPSA) is 60.9 Å². The summed E-state index contributed by atoms with van der Waals surface area (Å²) in [6, 6.07) is 17.8. The van der Waals surface area contributed by atoms with E-state index in [0.29, 0.717) is 16.8 Å². The molecule has 0 fully saturated rings. The Morgan fingerprint density at radius 1 is 0.879 bits per heavy atom. The number of hydrogen-bond donors (Lipinski definition) is 1. The Bertz CT molecular complexity index is 1200.